The smallest absolute Gasteiger partial charge is 0.306 e. The van der Waals surface area contributed by atoms with E-state index in [0.29, 0.717) is 26.1 Å². The Labute approximate surface area is 171 Å². The minimum absolute atomic E-state index is 0.133. The lowest BCUT2D eigenvalue weighted by Crippen LogP contribution is -2.05. The highest BCUT2D eigenvalue weighted by Crippen LogP contribution is 2.43. The SMILES string of the molecule is CCCOc1c(OCc2ccccc2)cc(C2CCC(=O)O2)cc1SCCC. The van der Waals surface area contributed by atoms with Crippen LogP contribution < -0.4 is 9.47 Å². The highest BCUT2D eigenvalue weighted by molar-refractivity contribution is 7.99. The Hall–Kier alpha value is -2.14. The van der Waals surface area contributed by atoms with E-state index in [4.69, 9.17) is 14.2 Å². The van der Waals surface area contributed by atoms with Gasteiger partial charge in [0.2, 0.25) is 0 Å². The summed E-state index contributed by atoms with van der Waals surface area (Å²) in [5.41, 5.74) is 2.08. The average molecular weight is 401 g/mol. The van der Waals surface area contributed by atoms with E-state index in [1.54, 1.807) is 11.8 Å². The molecule has 0 saturated carbocycles. The van der Waals surface area contributed by atoms with Crippen LogP contribution in [-0.2, 0) is 16.1 Å². The van der Waals surface area contributed by atoms with E-state index in [1.807, 2.05) is 36.4 Å². The molecule has 2 aromatic rings. The van der Waals surface area contributed by atoms with Crippen LogP contribution in [0.4, 0.5) is 0 Å². The number of rotatable bonds is 10. The Morgan fingerprint density at radius 1 is 1.11 bits per heavy atom. The summed E-state index contributed by atoms with van der Waals surface area (Å²) < 4.78 is 17.8. The number of carbonyl (C=O) groups is 1. The van der Waals surface area contributed by atoms with Gasteiger partial charge in [-0.15, -0.1) is 11.8 Å². The molecule has 150 valence electrons. The first-order valence-corrected chi connectivity index (χ1v) is 11.0. The summed E-state index contributed by atoms with van der Waals surface area (Å²) in [5, 5.41) is 0. The van der Waals surface area contributed by atoms with E-state index in [0.717, 1.165) is 46.1 Å². The molecule has 3 rings (SSSR count). The molecule has 0 N–H and O–H groups in total. The largest absolute Gasteiger partial charge is 0.489 e. The molecule has 1 unspecified atom stereocenters. The van der Waals surface area contributed by atoms with Gasteiger partial charge in [0.25, 0.3) is 0 Å². The summed E-state index contributed by atoms with van der Waals surface area (Å²) >= 11 is 1.76. The highest BCUT2D eigenvalue weighted by Gasteiger charge is 2.27. The van der Waals surface area contributed by atoms with Crippen LogP contribution in [0.25, 0.3) is 0 Å². The van der Waals surface area contributed by atoms with Gasteiger partial charge in [-0.05, 0) is 48.3 Å². The van der Waals surface area contributed by atoms with Gasteiger partial charge in [-0.25, -0.2) is 0 Å². The number of hydrogen-bond donors (Lipinski definition) is 0. The molecule has 5 heteroatoms. The Bertz CT molecular complexity index is 776. The Morgan fingerprint density at radius 2 is 1.93 bits per heavy atom. The van der Waals surface area contributed by atoms with Gasteiger partial charge in [-0.2, -0.15) is 0 Å². The number of ether oxygens (including phenoxy) is 3. The van der Waals surface area contributed by atoms with Crippen LogP contribution in [0.1, 0.15) is 56.8 Å². The molecule has 4 nitrogen and oxygen atoms in total. The quantitative estimate of drug-likeness (QED) is 0.365. The average Bonchev–Trinajstić information content (AvgIpc) is 3.16. The van der Waals surface area contributed by atoms with Gasteiger partial charge in [0.1, 0.15) is 12.7 Å². The third-order valence-electron chi connectivity index (χ3n) is 4.45. The molecule has 1 saturated heterocycles. The van der Waals surface area contributed by atoms with Crippen molar-refractivity contribution in [1.82, 2.24) is 0 Å². The summed E-state index contributed by atoms with van der Waals surface area (Å²) in [6, 6.07) is 14.2. The standard InChI is InChI=1S/C23H28O4S/c1-3-12-25-23-20(26-16-17-8-6-5-7-9-17)14-18(15-21(23)28-13-4-2)19-10-11-22(24)27-19/h5-9,14-15,19H,3-4,10-13,16H2,1-2H3. The maximum Gasteiger partial charge on any atom is 0.306 e. The maximum atomic E-state index is 11.6. The Kier molecular flexibility index (Phi) is 7.66. The molecule has 0 spiro atoms. The van der Waals surface area contributed by atoms with Gasteiger partial charge in [0.05, 0.1) is 11.5 Å². The molecule has 1 aliphatic rings. The third-order valence-corrected chi connectivity index (χ3v) is 5.68. The summed E-state index contributed by atoms with van der Waals surface area (Å²) in [6.45, 7) is 5.36. The van der Waals surface area contributed by atoms with Crippen molar-refractivity contribution >= 4 is 17.7 Å². The minimum atomic E-state index is -0.201. The van der Waals surface area contributed by atoms with Gasteiger partial charge in [0, 0.05) is 6.42 Å². The van der Waals surface area contributed by atoms with Crippen LogP contribution in [0, 0.1) is 0 Å². The van der Waals surface area contributed by atoms with Crippen LogP contribution in [-0.4, -0.2) is 18.3 Å². The van der Waals surface area contributed by atoms with Crippen molar-refractivity contribution in [3.63, 3.8) is 0 Å². The van der Waals surface area contributed by atoms with Crippen molar-refractivity contribution in [2.45, 2.75) is 57.1 Å². The van der Waals surface area contributed by atoms with Crippen molar-refractivity contribution in [3.8, 4) is 11.5 Å². The fourth-order valence-electron chi connectivity index (χ4n) is 3.05. The zero-order chi connectivity index (χ0) is 19.8. The second-order valence-corrected chi connectivity index (χ2v) is 7.97. The topological polar surface area (TPSA) is 44.8 Å². The molecular formula is C23H28O4S. The predicted octanol–water partition coefficient (Wildman–Crippen LogP) is 5.93. The zero-order valence-electron chi connectivity index (χ0n) is 16.6. The van der Waals surface area contributed by atoms with E-state index in [9.17, 15) is 4.79 Å². The number of cyclic esters (lactones) is 1. The molecule has 1 fully saturated rings. The number of esters is 1. The first-order valence-electron chi connectivity index (χ1n) is 10.0. The first kappa shape index (κ1) is 20.6. The number of thioether (sulfide) groups is 1. The van der Waals surface area contributed by atoms with Gasteiger partial charge >= 0.3 is 5.97 Å². The molecule has 2 aromatic carbocycles. The number of carbonyl (C=O) groups excluding carboxylic acids is 1. The summed E-state index contributed by atoms with van der Waals surface area (Å²) in [4.78, 5) is 12.7. The number of benzene rings is 2. The lowest BCUT2D eigenvalue weighted by molar-refractivity contribution is -0.141. The van der Waals surface area contributed by atoms with E-state index < -0.39 is 0 Å². The summed E-state index contributed by atoms with van der Waals surface area (Å²) in [6.07, 6.45) is 2.98. The molecule has 1 atom stereocenters. The fourth-order valence-corrected chi connectivity index (χ4v) is 3.99. The van der Waals surface area contributed by atoms with Crippen LogP contribution in [0.15, 0.2) is 47.4 Å². The molecule has 1 heterocycles. The molecule has 1 aliphatic heterocycles. The summed E-state index contributed by atoms with van der Waals surface area (Å²) in [5.74, 6) is 2.38. The Morgan fingerprint density at radius 3 is 2.61 bits per heavy atom. The fraction of sp³-hybridized carbons (Fsp3) is 0.435. The molecule has 0 radical (unpaired) electrons. The predicted molar refractivity (Wildman–Crippen MR) is 112 cm³/mol. The highest BCUT2D eigenvalue weighted by atomic mass is 32.2. The van der Waals surface area contributed by atoms with Crippen LogP contribution >= 0.6 is 11.8 Å². The van der Waals surface area contributed by atoms with Gasteiger partial charge in [-0.3, -0.25) is 4.79 Å². The second-order valence-electron chi connectivity index (χ2n) is 6.83. The molecule has 0 amide bonds. The molecule has 0 aliphatic carbocycles. The van der Waals surface area contributed by atoms with Crippen molar-refractivity contribution in [2.75, 3.05) is 12.4 Å². The lowest BCUT2D eigenvalue weighted by Gasteiger charge is -2.19. The van der Waals surface area contributed by atoms with E-state index in [-0.39, 0.29) is 12.1 Å². The monoisotopic (exact) mass is 400 g/mol. The van der Waals surface area contributed by atoms with Crippen molar-refractivity contribution < 1.29 is 19.0 Å². The van der Waals surface area contributed by atoms with Crippen molar-refractivity contribution in [3.05, 3.63) is 53.6 Å². The molecular weight excluding hydrogens is 372 g/mol. The second kappa shape index (κ2) is 10.4. The first-order chi connectivity index (χ1) is 13.7. The molecule has 0 bridgehead atoms. The van der Waals surface area contributed by atoms with Crippen molar-refractivity contribution in [1.29, 1.82) is 0 Å². The van der Waals surface area contributed by atoms with Crippen molar-refractivity contribution in [2.24, 2.45) is 0 Å². The minimum Gasteiger partial charge on any atom is -0.489 e. The third kappa shape index (κ3) is 5.44. The van der Waals surface area contributed by atoms with Crippen LogP contribution in [0.3, 0.4) is 0 Å². The zero-order valence-corrected chi connectivity index (χ0v) is 17.4. The van der Waals surface area contributed by atoms with E-state index >= 15 is 0 Å². The molecule has 0 aromatic heterocycles. The van der Waals surface area contributed by atoms with Gasteiger partial charge < -0.3 is 14.2 Å². The maximum absolute atomic E-state index is 11.6. The van der Waals surface area contributed by atoms with Crippen LogP contribution in [0.5, 0.6) is 11.5 Å². The Balaban J connectivity index is 1.92. The normalized spacial score (nSPS) is 16.1. The lowest BCUT2D eigenvalue weighted by atomic mass is 10.1. The summed E-state index contributed by atoms with van der Waals surface area (Å²) in [7, 11) is 0. The molecule has 28 heavy (non-hydrogen) atoms. The van der Waals surface area contributed by atoms with Gasteiger partial charge in [0.15, 0.2) is 11.5 Å². The van der Waals surface area contributed by atoms with Crippen LogP contribution in [0.2, 0.25) is 0 Å². The van der Waals surface area contributed by atoms with Gasteiger partial charge in [-0.1, -0.05) is 44.2 Å². The number of hydrogen-bond acceptors (Lipinski definition) is 5. The van der Waals surface area contributed by atoms with E-state index in [2.05, 4.69) is 19.9 Å². The van der Waals surface area contributed by atoms with E-state index in [1.165, 1.54) is 0 Å².